The molecule has 0 aliphatic heterocycles. The van der Waals surface area contributed by atoms with Crippen LogP contribution in [-0.2, 0) is 6.54 Å². The van der Waals surface area contributed by atoms with E-state index in [9.17, 15) is 4.39 Å². The average molecular weight is 221 g/mol. The van der Waals surface area contributed by atoms with Crippen LogP contribution in [0.15, 0.2) is 18.2 Å². The van der Waals surface area contributed by atoms with E-state index in [0.717, 1.165) is 18.0 Å². The van der Waals surface area contributed by atoms with E-state index in [4.69, 9.17) is 0 Å². The van der Waals surface area contributed by atoms with E-state index in [-0.39, 0.29) is 5.82 Å². The molecule has 2 rings (SSSR count). The van der Waals surface area contributed by atoms with Crippen molar-refractivity contribution in [3.05, 3.63) is 35.1 Å². The molecule has 1 nitrogen and oxygen atoms in total. The Hall–Kier alpha value is -0.890. The highest BCUT2D eigenvalue weighted by molar-refractivity contribution is 5.26. The second-order valence-corrected chi connectivity index (χ2v) is 4.84. The lowest BCUT2D eigenvalue weighted by atomic mass is 10.1. The van der Waals surface area contributed by atoms with Crippen molar-refractivity contribution >= 4 is 0 Å². The van der Waals surface area contributed by atoms with Crippen LogP contribution >= 0.6 is 0 Å². The third-order valence-corrected chi connectivity index (χ3v) is 3.45. The third-order valence-electron chi connectivity index (χ3n) is 3.45. The summed E-state index contributed by atoms with van der Waals surface area (Å²) in [6.07, 6.45) is 3.88. The standard InChI is InChI=1S/C14H20FN/c1-3-4-11-8-14(11)16-9-12-7-13(15)6-5-10(12)2/h5-7,11,14,16H,3-4,8-9H2,1-2H3. The van der Waals surface area contributed by atoms with Crippen molar-refractivity contribution < 1.29 is 4.39 Å². The van der Waals surface area contributed by atoms with Gasteiger partial charge in [0.05, 0.1) is 0 Å². The van der Waals surface area contributed by atoms with Crippen LogP contribution in [0.3, 0.4) is 0 Å². The molecule has 1 aliphatic rings. The first kappa shape index (κ1) is 11.6. The zero-order valence-corrected chi connectivity index (χ0v) is 10.1. The molecule has 1 saturated carbocycles. The van der Waals surface area contributed by atoms with E-state index < -0.39 is 0 Å². The van der Waals surface area contributed by atoms with Crippen molar-refractivity contribution in [3.8, 4) is 0 Å². The summed E-state index contributed by atoms with van der Waals surface area (Å²) in [5, 5.41) is 3.51. The summed E-state index contributed by atoms with van der Waals surface area (Å²) in [5.41, 5.74) is 2.25. The minimum Gasteiger partial charge on any atom is -0.310 e. The minimum atomic E-state index is -0.136. The van der Waals surface area contributed by atoms with Crippen LogP contribution in [0.25, 0.3) is 0 Å². The highest BCUT2D eigenvalue weighted by Gasteiger charge is 2.35. The van der Waals surface area contributed by atoms with Crippen molar-refractivity contribution in [2.75, 3.05) is 0 Å². The molecule has 1 aromatic rings. The summed E-state index contributed by atoms with van der Waals surface area (Å²) >= 11 is 0. The Labute approximate surface area is 97.1 Å². The molecule has 0 heterocycles. The normalized spacial score (nSPS) is 23.4. The maximum absolute atomic E-state index is 13.1. The van der Waals surface area contributed by atoms with E-state index in [2.05, 4.69) is 12.2 Å². The van der Waals surface area contributed by atoms with Gasteiger partial charge in [-0.1, -0.05) is 19.4 Å². The molecule has 1 aliphatic carbocycles. The highest BCUT2D eigenvalue weighted by atomic mass is 19.1. The molecule has 1 aromatic carbocycles. The smallest absolute Gasteiger partial charge is 0.123 e. The Morgan fingerprint density at radius 3 is 3.00 bits per heavy atom. The van der Waals surface area contributed by atoms with Crippen LogP contribution < -0.4 is 5.32 Å². The van der Waals surface area contributed by atoms with Crippen molar-refractivity contribution in [1.82, 2.24) is 5.32 Å². The van der Waals surface area contributed by atoms with Crippen LogP contribution in [0.1, 0.15) is 37.3 Å². The van der Waals surface area contributed by atoms with Gasteiger partial charge in [-0.2, -0.15) is 0 Å². The van der Waals surface area contributed by atoms with Crippen LogP contribution in [0.4, 0.5) is 4.39 Å². The van der Waals surface area contributed by atoms with Crippen molar-refractivity contribution in [2.45, 2.75) is 45.7 Å². The number of aryl methyl sites for hydroxylation is 1. The number of hydrogen-bond acceptors (Lipinski definition) is 1. The first-order chi connectivity index (χ1) is 7.70. The minimum absolute atomic E-state index is 0.136. The van der Waals surface area contributed by atoms with Crippen molar-refractivity contribution in [3.63, 3.8) is 0 Å². The molecule has 0 radical (unpaired) electrons. The Morgan fingerprint density at radius 2 is 2.25 bits per heavy atom. The van der Waals surface area contributed by atoms with Crippen molar-refractivity contribution in [1.29, 1.82) is 0 Å². The van der Waals surface area contributed by atoms with Crippen LogP contribution in [0.5, 0.6) is 0 Å². The summed E-state index contributed by atoms with van der Waals surface area (Å²) < 4.78 is 13.1. The summed E-state index contributed by atoms with van der Waals surface area (Å²) in [4.78, 5) is 0. The van der Waals surface area contributed by atoms with E-state index in [1.807, 2.05) is 13.0 Å². The van der Waals surface area contributed by atoms with Gasteiger partial charge in [0, 0.05) is 12.6 Å². The summed E-state index contributed by atoms with van der Waals surface area (Å²) in [6, 6.07) is 5.68. The molecule has 0 saturated heterocycles. The molecule has 16 heavy (non-hydrogen) atoms. The third kappa shape index (κ3) is 2.82. The highest BCUT2D eigenvalue weighted by Crippen LogP contribution is 2.34. The first-order valence-corrected chi connectivity index (χ1v) is 6.19. The van der Waals surface area contributed by atoms with E-state index in [1.165, 1.54) is 30.9 Å². The SMILES string of the molecule is CCCC1CC1NCc1cc(F)ccc1C. The second kappa shape index (κ2) is 4.96. The zero-order chi connectivity index (χ0) is 11.5. The molecule has 0 spiro atoms. The van der Waals surface area contributed by atoms with Crippen LogP contribution in [-0.4, -0.2) is 6.04 Å². The molecule has 0 bridgehead atoms. The largest absolute Gasteiger partial charge is 0.310 e. The van der Waals surface area contributed by atoms with Crippen LogP contribution in [0.2, 0.25) is 0 Å². The van der Waals surface area contributed by atoms with Crippen molar-refractivity contribution in [2.24, 2.45) is 5.92 Å². The summed E-state index contributed by atoms with van der Waals surface area (Å²) in [6.45, 7) is 5.06. The Kier molecular flexibility index (Phi) is 3.59. The van der Waals surface area contributed by atoms with Crippen LogP contribution in [0, 0.1) is 18.7 Å². The number of halogens is 1. The van der Waals surface area contributed by atoms with E-state index in [1.54, 1.807) is 6.07 Å². The fourth-order valence-electron chi connectivity index (χ4n) is 2.26. The molecule has 1 N–H and O–H groups in total. The molecule has 2 atom stereocenters. The molecule has 2 unspecified atom stereocenters. The number of rotatable bonds is 5. The number of nitrogens with one attached hydrogen (secondary N) is 1. The van der Waals surface area contributed by atoms with Gasteiger partial charge in [-0.3, -0.25) is 0 Å². The maximum atomic E-state index is 13.1. The Bertz CT molecular complexity index is 362. The molecule has 0 amide bonds. The van der Waals surface area contributed by atoms with Gasteiger partial charge in [-0.05, 0) is 48.9 Å². The lowest BCUT2D eigenvalue weighted by Gasteiger charge is -2.07. The number of benzene rings is 1. The summed E-state index contributed by atoms with van der Waals surface area (Å²) in [7, 11) is 0. The van der Waals surface area contributed by atoms with E-state index >= 15 is 0 Å². The predicted octanol–water partition coefficient (Wildman–Crippen LogP) is 3.41. The second-order valence-electron chi connectivity index (χ2n) is 4.84. The van der Waals surface area contributed by atoms with Gasteiger partial charge < -0.3 is 5.32 Å². The van der Waals surface area contributed by atoms with E-state index in [0.29, 0.717) is 6.04 Å². The molecule has 2 heteroatoms. The molecular formula is C14H20FN. The van der Waals surface area contributed by atoms with Gasteiger partial charge in [-0.25, -0.2) is 4.39 Å². The van der Waals surface area contributed by atoms with Gasteiger partial charge >= 0.3 is 0 Å². The topological polar surface area (TPSA) is 12.0 Å². The van der Waals surface area contributed by atoms with Gasteiger partial charge in [-0.15, -0.1) is 0 Å². The van der Waals surface area contributed by atoms with Gasteiger partial charge in [0.1, 0.15) is 5.82 Å². The van der Waals surface area contributed by atoms with Gasteiger partial charge in [0.15, 0.2) is 0 Å². The maximum Gasteiger partial charge on any atom is 0.123 e. The van der Waals surface area contributed by atoms with Gasteiger partial charge in [0.2, 0.25) is 0 Å². The fraction of sp³-hybridized carbons (Fsp3) is 0.571. The fourth-order valence-corrected chi connectivity index (χ4v) is 2.26. The monoisotopic (exact) mass is 221 g/mol. The summed E-state index contributed by atoms with van der Waals surface area (Å²) in [5.74, 6) is 0.724. The molecular weight excluding hydrogens is 201 g/mol. The molecule has 88 valence electrons. The zero-order valence-electron chi connectivity index (χ0n) is 10.1. The average Bonchev–Trinajstić information content (AvgIpc) is 2.99. The Morgan fingerprint density at radius 1 is 1.44 bits per heavy atom. The molecule has 1 fully saturated rings. The number of hydrogen-bond donors (Lipinski definition) is 1. The lowest BCUT2D eigenvalue weighted by molar-refractivity contribution is 0.591. The predicted molar refractivity (Wildman–Crippen MR) is 64.8 cm³/mol. The quantitative estimate of drug-likeness (QED) is 0.803. The Balaban J connectivity index is 1.84. The lowest BCUT2D eigenvalue weighted by Crippen LogP contribution is -2.18. The van der Waals surface area contributed by atoms with Gasteiger partial charge in [0.25, 0.3) is 0 Å². The first-order valence-electron chi connectivity index (χ1n) is 6.19. The molecule has 0 aromatic heterocycles.